The first-order valence-electron chi connectivity index (χ1n) is 9.05. The van der Waals surface area contributed by atoms with E-state index in [9.17, 15) is 9.59 Å². The fourth-order valence-corrected chi connectivity index (χ4v) is 3.43. The molecule has 0 aliphatic heterocycles. The van der Waals surface area contributed by atoms with Crippen LogP contribution in [0.2, 0.25) is 0 Å². The summed E-state index contributed by atoms with van der Waals surface area (Å²) in [5.41, 5.74) is 2.69. The van der Waals surface area contributed by atoms with E-state index >= 15 is 0 Å². The van der Waals surface area contributed by atoms with Gasteiger partial charge in [0.1, 0.15) is 0 Å². The Morgan fingerprint density at radius 2 is 1.56 bits per heavy atom. The maximum atomic E-state index is 12.3. The summed E-state index contributed by atoms with van der Waals surface area (Å²) >= 11 is 1.80. The zero-order valence-electron chi connectivity index (χ0n) is 16.1. The number of likely N-dealkylation sites (N-methyl/N-ethyl adjacent to an activating group) is 1. The number of benzene rings is 2. The van der Waals surface area contributed by atoms with E-state index in [-0.39, 0.29) is 11.8 Å². The number of hydrogen-bond acceptors (Lipinski definition) is 4. The Balaban J connectivity index is 1.76. The van der Waals surface area contributed by atoms with Crippen molar-refractivity contribution in [2.45, 2.75) is 25.7 Å². The highest BCUT2D eigenvalue weighted by molar-refractivity contribution is 7.99. The van der Waals surface area contributed by atoms with Gasteiger partial charge in [-0.25, -0.2) is 0 Å². The van der Waals surface area contributed by atoms with Crippen LogP contribution in [0.25, 0.3) is 0 Å². The molecule has 2 N–H and O–H groups in total. The molecule has 0 fully saturated rings. The summed E-state index contributed by atoms with van der Waals surface area (Å²) in [7, 11) is 0. The van der Waals surface area contributed by atoms with Crippen molar-refractivity contribution in [1.82, 2.24) is 4.90 Å². The van der Waals surface area contributed by atoms with E-state index in [1.54, 1.807) is 36.0 Å². The topological polar surface area (TPSA) is 61.4 Å². The van der Waals surface area contributed by atoms with E-state index in [0.29, 0.717) is 12.2 Å². The maximum Gasteiger partial charge on any atom is 0.238 e. The first-order valence-corrected chi connectivity index (χ1v) is 10.0. The summed E-state index contributed by atoms with van der Waals surface area (Å²) in [6.07, 6.45) is 0. The maximum absolute atomic E-state index is 12.3. The van der Waals surface area contributed by atoms with Crippen LogP contribution in [0.3, 0.4) is 0 Å². The lowest BCUT2D eigenvalue weighted by molar-refractivity contribution is -0.117. The number of carbonyl (C=O) groups excluding carboxylic acids is 2. The van der Waals surface area contributed by atoms with Crippen molar-refractivity contribution in [2.75, 3.05) is 36.0 Å². The van der Waals surface area contributed by atoms with Gasteiger partial charge in [0.05, 0.1) is 6.54 Å². The fraction of sp³-hybridized carbons (Fsp3) is 0.333. The molecule has 2 aromatic rings. The number of rotatable bonds is 9. The summed E-state index contributed by atoms with van der Waals surface area (Å²) in [5, 5.41) is 5.61. The Morgan fingerprint density at radius 1 is 0.963 bits per heavy atom. The molecule has 0 spiro atoms. The normalized spacial score (nSPS) is 10.7. The molecule has 2 amide bonds. The minimum absolute atomic E-state index is 0.0375. The zero-order valence-corrected chi connectivity index (χ0v) is 16.9. The average molecular weight is 386 g/mol. The molecule has 2 rings (SSSR count). The molecule has 0 atom stereocenters. The molecule has 2 aromatic carbocycles. The Kier molecular flexibility index (Phi) is 8.36. The van der Waals surface area contributed by atoms with Gasteiger partial charge in [0, 0.05) is 35.5 Å². The van der Waals surface area contributed by atoms with Crippen LogP contribution in [0.4, 0.5) is 11.4 Å². The van der Waals surface area contributed by atoms with Crippen LogP contribution >= 0.6 is 11.8 Å². The predicted octanol–water partition coefficient (Wildman–Crippen LogP) is 4.01. The lowest BCUT2D eigenvalue weighted by Crippen LogP contribution is -2.34. The smallest absolute Gasteiger partial charge is 0.238 e. The van der Waals surface area contributed by atoms with Crippen LogP contribution in [0.5, 0.6) is 0 Å². The van der Waals surface area contributed by atoms with Crippen molar-refractivity contribution >= 4 is 35.0 Å². The van der Waals surface area contributed by atoms with Crippen molar-refractivity contribution in [2.24, 2.45) is 0 Å². The number of nitrogens with one attached hydrogen (secondary N) is 2. The van der Waals surface area contributed by atoms with Crippen molar-refractivity contribution in [3.63, 3.8) is 0 Å². The number of aryl methyl sites for hydroxylation is 1. The predicted molar refractivity (Wildman–Crippen MR) is 113 cm³/mol. The van der Waals surface area contributed by atoms with E-state index in [4.69, 9.17) is 0 Å². The largest absolute Gasteiger partial charge is 0.326 e. The van der Waals surface area contributed by atoms with Gasteiger partial charge in [0.25, 0.3) is 0 Å². The highest BCUT2D eigenvalue weighted by Gasteiger charge is 2.09. The third-order valence-corrected chi connectivity index (χ3v) is 4.99. The Labute approximate surface area is 165 Å². The van der Waals surface area contributed by atoms with E-state index in [0.717, 1.165) is 24.5 Å². The third-order valence-electron chi connectivity index (χ3n) is 4.00. The van der Waals surface area contributed by atoms with Gasteiger partial charge in [0.2, 0.25) is 11.8 Å². The van der Waals surface area contributed by atoms with E-state index < -0.39 is 0 Å². The monoisotopic (exact) mass is 385 g/mol. The van der Waals surface area contributed by atoms with Crippen molar-refractivity contribution in [1.29, 1.82) is 0 Å². The van der Waals surface area contributed by atoms with Crippen molar-refractivity contribution in [3.8, 4) is 0 Å². The SMILES string of the molecule is CCN(CCSc1ccc(C)cc1)CC(=O)Nc1ccc(NC(C)=O)cc1. The molecule has 0 heterocycles. The molecule has 5 nitrogen and oxygen atoms in total. The molecule has 0 bridgehead atoms. The number of amides is 2. The summed E-state index contributed by atoms with van der Waals surface area (Å²) in [4.78, 5) is 26.7. The quantitative estimate of drug-likeness (QED) is 0.641. The fourth-order valence-electron chi connectivity index (χ4n) is 2.52. The molecule has 0 aromatic heterocycles. The molecule has 0 saturated heterocycles. The van der Waals surface area contributed by atoms with Gasteiger partial charge in [-0.2, -0.15) is 0 Å². The first kappa shape index (κ1) is 21.0. The minimum Gasteiger partial charge on any atom is -0.326 e. The third kappa shape index (κ3) is 7.85. The summed E-state index contributed by atoms with van der Waals surface area (Å²) in [6, 6.07) is 15.6. The lowest BCUT2D eigenvalue weighted by Gasteiger charge is -2.19. The van der Waals surface area contributed by atoms with Crippen LogP contribution < -0.4 is 10.6 Å². The summed E-state index contributed by atoms with van der Waals surface area (Å²) in [5.74, 6) is 0.786. The van der Waals surface area contributed by atoms with Crippen LogP contribution in [0.1, 0.15) is 19.4 Å². The van der Waals surface area contributed by atoms with Gasteiger partial charge in [-0.15, -0.1) is 11.8 Å². The summed E-state index contributed by atoms with van der Waals surface area (Å²) < 4.78 is 0. The average Bonchev–Trinajstić information content (AvgIpc) is 2.63. The highest BCUT2D eigenvalue weighted by Crippen LogP contribution is 2.18. The van der Waals surface area contributed by atoms with Crippen LogP contribution in [0, 0.1) is 6.92 Å². The van der Waals surface area contributed by atoms with Crippen molar-refractivity contribution in [3.05, 3.63) is 54.1 Å². The van der Waals surface area contributed by atoms with Gasteiger partial charge in [-0.3, -0.25) is 14.5 Å². The number of thioether (sulfide) groups is 1. The molecular formula is C21H27N3O2S. The number of hydrogen-bond donors (Lipinski definition) is 2. The van der Waals surface area contributed by atoms with Gasteiger partial charge < -0.3 is 10.6 Å². The van der Waals surface area contributed by atoms with Gasteiger partial charge in [-0.05, 0) is 49.9 Å². The second-order valence-corrected chi connectivity index (χ2v) is 7.51. The van der Waals surface area contributed by atoms with Gasteiger partial charge >= 0.3 is 0 Å². The Hall–Kier alpha value is -2.31. The zero-order chi connectivity index (χ0) is 19.6. The van der Waals surface area contributed by atoms with Gasteiger partial charge in [-0.1, -0.05) is 24.6 Å². The second-order valence-electron chi connectivity index (χ2n) is 6.34. The number of nitrogens with zero attached hydrogens (tertiary/aromatic N) is 1. The molecular weight excluding hydrogens is 358 g/mol. The molecule has 0 aliphatic carbocycles. The molecule has 0 saturated carbocycles. The Bertz CT molecular complexity index is 745. The van der Waals surface area contributed by atoms with Gasteiger partial charge in [0.15, 0.2) is 0 Å². The van der Waals surface area contributed by atoms with E-state index in [2.05, 4.69) is 53.6 Å². The Morgan fingerprint density at radius 3 is 2.11 bits per heavy atom. The van der Waals surface area contributed by atoms with Crippen LogP contribution in [-0.4, -0.2) is 42.1 Å². The molecule has 6 heteroatoms. The standard InChI is InChI=1S/C21H27N3O2S/c1-4-24(13-14-27-20-11-5-16(2)6-12-20)15-21(26)23-19-9-7-18(8-10-19)22-17(3)25/h5-12H,4,13-15H2,1-3H3,(H,22,25)(H,23,26). The molecule has 144 valence electrons. The van der Waals surface area contributed by atoms with Crippen LogP contribution in [0.15, 0.2) is 53.4 Å². The molecule has 0 radical (unpaired) electrons. The minimum atomic E-state index is -0.117. The highest BCUT2D eigenvalue weighted by atomic mass is 32.2. The van der Waals surface area contributed by atoms with E-state index in [1.165, 1.54) is 17.4 Å². The van der Waals surface area contributed by atoms with Crippen molar-refractivity contribution < 1.29 is 9.59 Å². The first-order chi connectivity index (χ1) is 13.0. The lowest BCUT2D eigenvalue weighted by atomic mass is 10.2. The van der Waals surface area contributed by atoms with Crippen LogP contribution in [-0.2, 0) is 9.59 Å². The summed E-state index contributed by atoms with van der Waals surface area (Å²) in [6.45, 7) is 7.64. The van der Waals surface area contributed by atoms with E-state index in [1.807, 2.05) is 0 Å². The second kappa shape index (κ2) is 10.7. The molecule has 27 heavy (non-hydrogen) atoms. The molecule has 0 unspecified atom stereocenters. The number of anilines is 2. The molecule has 0 aliphatic rings. The number of carbonyl (C=O) groups is 2.